The highest BCUT2D eigenvalue weighted by Crippen LogP contribution is 2.20. The zero-order valence-electron chi connectivity index (χ0n) is 14.8. The number of rotatable bonds is 7. The summed E-state index contributed by atoms with van der Waals surface area (Å²) in [7, 11) is 1.40. The van der Waals surface area contributed by atoms with Gasteiger partial charge in [-0.15, -0.1) is 0 Å². The lowest BCUT2D eigenvalue weighted by atomic mass is 9.98. The summed E-state index contributed by atoms with van der Waals surface area (Å²) in [5.41, 5.74) is 5.53. The van der Waals surface area contributed by atoms with Gasteiger partial charge in [0.25, 0.3) is 0 Å². The molecule has 0 bridgehead atoms. The summed E-state index contributed by atoms with van der Waals surface area (Å²) in [6.45, 7) is 3.58. The number of hydrazine groups is 1. The first-order valence-electron chi connectivity index (χ1n) is 7.97. The Morgan fingerprint density at radius 1 is 1.27 bits per heavy atom. The Labute approximate surface area is 157 Å². The normalized spacial score (nSPS) is 12.6. The van der Waals surface area contributed by atoms with Gasteiger partial charge in [-0.1, -0.05) is 53.2 Å². The monoisotopic (exact) mass is 373 g/mol. The van der Waals surface area contributed by atoms with Crippen molar-refractivity contribution in [2.45, 2.75) is 19.9 Å². The number of carbonyl (C=O) groups is 2. The number of benzene rings is 2. The van der Waals surface area contributed by atoms with Crippen molar-refractivity contribution < 1.29 is 14.4 Å². The molecule has 0 radical (unpaired) electrons. The second kappa shape index (κ2) is 9.12. The van der Waals surface area contributed by atoms with Crippen molar-refractivity contribution in [3.05, 3.63) is 70.2 Å². The Morgan fingerprint density at radius 2 is 1.96 bits per heavy atom. The van der Waals surface area contributed by atoms with Gasteiger partial charge in [-0.3, -0.25) is 15.2 Å². The van der Waals surface area contributed by atoms with Gasteiger partial charge in [0.15, 0.2) is 0 Å². The van der Waals surface area contributed by atoms with Crippen molar-refractivity contribution in [2.75, 3.05) is 7.05 Å². The van der Waals surface area contributed by atoms with E-state index in [0.717, 1.165) is 21.9 Å². The predicted octanol–water partition coefficient (Wildman–Crippen LogP) is 2.93. The molecule has 6 nitrogen and oxygen atoms in total. The fraction of sp³-hybridized carbons (Fsp3) is 0.211. The molecule has 0 aliphatic carbocycles. The summed E-state index contributed by atoms with van der Waals surface area (Å²) in [6, 6.07) is 14.3. The van der Waals surface area contributed by atoms with Crippen molar-refractivity contribution in [2.24, 2.45) is 4.99 Å². The minimum absolute atomic E-state index is 0.409. The first-order valence-corrected chi connectivity index (χ1v) is 8.35. The number of hydrogen-bond acceptors (Lipinski definition) is 5. The van der Waals surface area contributed by atoms with Crippen molar-refractivity contribution in [1.29, 1.82) is 0 Å². The number of aryl methyl sites for hydroxylation is 1. The molecular formula is C19H20ClN3O3. The molecule has 0 aliphatic rings. The van der Waals surface area contributed by atoms with Gasteiger partial charge >= 0.3 is 5.97 Å². The highest BCUT2D eigenvalue weighted by atomic mass is 35.5. The molecule has 1 N–H and O–H groups in total. The molecule has 0 fully saturated rings. The molecule has 136 valence electrons. The molecule has 0 aromatic heterocycles. The quantitative estimate of drug-likeness (QED) is 0.460. The number of halogens is 1. The summed E-state index contributed by atoms with van der Waals surface area (Å²) in [4.78, 5) is 32.2. The number of carbonyl (C=O) groups excluding carboxylic acids is 2. The minimum atomic E-state index is -0.792. The molecule has 1 amide bonds. The molecule has 2 aromatic rings. The molecule has 0 aliphatic heterocycles. The summed E-state index contributed by atoms with van der Waals surface area (Å²) in [5, 5.41) is 1.51. The topological polar surface area (TPSA) is 71.0 Å². The van der Waals surface area contributed by atoms with Gasteiger partial charge in [-0.05, 0) is 31.5 Å². The molecule has 0 spiro atoms. The van der Waals surface area contributed by atoms with Crippen LogP contribution in [0, 0.1) is 6.92 Å². The van der Waals surface area contributed by atoms with Crippen molar-refractivity contribution in [1.82, 2.24) is 10.6 Å². The summed E-state index contributed by atoms with van der Waals surface area (Å²) in [6.07, 6.45) is 0.409. The first-order chi connectivity index (χ1) is 12.4. The van der Waals surface area contributed by atoms with Crippen molar-refractivity contribution >= 4 is 29.7 Å². The van der Waals surface area contributed by atoms with E-state index >= 15 is 0 Å². The minimum Gasteiger partial charge on any atom is -0.346 e. The van der Waals surface area contributed by atoms with Gasteiger partial charge in [-0.25, -0.2) is 4.79 Å². The molecule has 0 heterocycles. The van der Waals surface area contributed by atoms with Crippen LogP contribution in [0.4, 0.5) is 0 Å². The maximum atomic E-state index is 12.2. The summed E-state index contributed by atoms with van der Waals surface area (Å²) >= 11 is 6.16. The van der Waals surface area contributed by atoms with Crippen LogP contribution < -0.4 is 5.43 Å². The van der Waals surface area contributed by atoms with E-state index in [2.05, 4.69) is 10.4 Å². The van der Waals surface area contributed by atoms with Gasteiger partial charge in [0.2, 0.25) is 6.41 Å². The Hall–Kier alpha value is -2.70. The average molecular weight is 374 g/mol. The van der Waals surface area contributed by atoms with Gasteiger partial charge < -0.3 is 4.84 Å². The van der Waals surface area contributed by atoms with Crippen LogP contribution in [0.15, 0.2) is 53.5 Å². The maximum absolute atomic E-state index is 12.2. The predicted molar refractivity (Wildman–Crippen MR) is 101 cm³/mol. The Kier molecular flexibility index (Phi) is 6.89. The van der Waals surface area contributed by atoms with E-state index in [-0.39, 0.29) is 0 Å². The Bertz CT molecular complexity index is 809. The second-order valence-electron chi connectivity index (χ2n) is 5.63. The third-order valence-corrected chi connectivity index (χ3v) is 3.86. The van der Waals surface area contributed by atoms with Gasteiger partial charge in [0, 0.05) is 23.2 Å². The number of aliphatic imine (C=N–C) groups is 1. The Morgan fingerprint density at radius 3 is 2.62 bits per heavy atom. The number of hydrogen-bond donors (Lipinski definition) is 1. The molecule has 2 rings (SSSR count). The Balaban J connectivity index is 2.41. The zero-order valence-corrected chi connectivity index (χ0v) is 15.5. The lowest BCUT2D eigenvalue weighted by molar-refractivity contribution is -0.197. The third kappa shape index (κ3) is 5.15. The van der Waals surface area contributed by atoms with E-state index in [4.69, 9.17) is 16.4 Å². The molecule has 0 saturated heterocycles. The van der Waals surface area contributed by atoms with Crippen LogP contribution in [0.1, 0.15) is 23.6 Å². The smallest absolute Gasteiger partial charge is 0.346 e. The highest BCUT2D eigenvalue weighted by molar-refractivity contribution is 6.31. The second-order valence-corrected chi connectivity index (χ2v) is 6.07. The van der Waals surface area contributed by atoms with Crippen molar-refractivity contribution in [3.8, 4) is 0 Å². The third-order valence-electron chi connectivity index (χ3n) is 3.63. The molecule has 7 heteroatoms. The van der Waals surface area contributed by atoms with Gasteiger partial charge in [0.1, 0.15) is 6.04 Å². The van der Waals surface area contributed by atoms with Crippen LogP contribution in [0.5, 0.6) is 0 Å². The van der Waals surface area contributed by atoms with E-state index in [9.17, 15) is 9.59 Å². The van der Waals surface area contributed by atoms with Crippen LogP contribution in [-0.4, -0.2) is 36.4 Å². The average Bonchev–Trinajstić information content (AvgIpc) is 2.62. The number of nitrogens with one attached hydrogen (secondary N) is 1. The summed E-state index contributed by atoms with van der Waals surface area (Å²) in [5.74, 6) is -0.602. The van der Waals surface area contributed by atoms with E-state index in [1.165, 1.54) is 7.05 Å². The molecule has 2 aromatic carbocycles. The molecule has 0 saturated carbocycles. The van der Waals surface area contributed by atoms with E-state index in [0.29, 0.717) is 17.1 Å². The SMILES string of the molecule is Cc1ccc(Cl)cc1C(=N[C@@H](C)C(=O)ON(C)NC=O)c1ccccc1. The lowest BCUT2D eigenvalue weighted by Crippen LogP contribution is -2.38. The standard InChI is InChI=1S/C19H20ClN3O3/c1-13-9-10-16(20)11-17(13)18(15-7-5-4-6-8-15)22-14(2)19(25)26-23(3)21-12-24/h4-12,14H,1-3H3,(H,21,24)/t14-/m0/s1. The highest BCUT2D eigenvalue weighted by Gasteiger charge is 2.19. The number of amides is 1. The van der Waals surface area contributed by atoms with E-state index in [1.54, 1.807) is 13.0 Å². The van der Waals surface area contributed by atoms with Crippen molar-refractivity contribution in [3.63, 3.8) is 0 Å². The fourth-order valence-electron chi connectivity index (χ4n) is 2.30. The van der Waals surface area contributed by atoms with Gasteiger partial charge in [-0.2, -0.15) is 0 Å². The molecular weight excluding hydrogens is 354 g/mol. The van der Waals surface area contributed by atoms with Crippen LogP contribution in [0.2, 0.25) is 5.02 Å². The van der Waals surface area contributed by atoms with Crippen LogP contribution >= 0.6 is 11.6 Å². The lowest BCUT2D eigenvalue weighted by Gasteiger charge is -2.17. The fourth-order valence-corrected chi connectivity index (χ4v) is 2.48. The summed E-state index contributed by atoms with van der Waals surface area (Å²) < 4.78 is 0. The van der Waals surface area contributed by atoms with Crippen LogP contribution in [-0.2, 0) is 14.4 Å². The molecule has 0 unspecified atom stereocenters. The molecule has 1 atom stereocenters. The first kappa shape index (κ1) is 19.6. The van der Waals surface area contributed by atoms with Crippen LogP contribution in [0.25, 0.3) is 0 Å². The van der Waals surface area contributed by atoms with E-state index < -0.39 is 12.0 Å². The van der Waals surface area contributed by atoms with Gasteiger partial charge in [0.05, 0.1) is 5.71 Å². The van der Waals surface area contributed by atoms with Crippen LogP contribution in [0.3, 0.4) is 0 Å². The largest absolute Gasteiger partial charge is 0.351 e. The number of nitrogens with zero attached hydrogens (tertiary/aromatic N) is 2. The number of hydroxylamine groups is 1. The molecule has 26 heavy (non-hydrogen) atoms. The van der Waals surface area contributed by atoms with E-state index in [1.807, 2.05) is 49.4 Å². The zero-order chi connectivity index (χ0) is 19.1. The maximum Gasteiger partial charge on any atom is 0.351 e.